The summed E-state index contributed by atoms with van der Waals surface area (Å²) in [5, 5.41) is 2.62. The maximum Gasteiger partial charge on any atom is 0.356 e. The number of esters is 1. The Labute approximate surface area is 101 Å². The van der Waals surface area contributed by atoms with Gasteiger partial charge >= 0.3 is 5.97 Å². The van der Waals surface area contributed by atoms with Crippen LogP contribution in [-0.2, 0) is 4.74 Å². The zero-order valence-electron chi connectivity index (χ0n) is 8.78. The SMILES string of the molecule is COC(=O)c1[nH]c2ccc(F)cc2c1N=C=S. The van der Waals surface area contributed by atoms with Crippen molar-refractivity contribution in [1.29, 1.82) is 0 Å². The summed E-state index contributed by atoms with van der Waals surface area (Å²) < 4.78 is 17.7. The number of aliphatic imine (C=N–C) groups is 1. The van der Waals surface area contributed by atoms with Gasteiger partial charge < -0.3 is 9.72 Å². The van der Waals surface area contributed by atoms with E-state index in [9.17, 15) is 9.18 Å². The third-order valence-corrected chi connectivity index (χ3v) is 2.37. The van der Waals surface area contributed by atoms with Crippen LogP contribution in [-0.4, -0.2) is 23.2 Å². The van der Waals surface area contributed by atoms with E-state index >= 15 is 0 Å². The fourth-order valence-electron chi connectivity index (χ4n) is 1.56. The van der Waals surface area contributed by atoms with Gasteiger partial charge in [-0.3, -0.25) is 0 Å². The summed E-state index contributed by atoms with van der Waals surface area (Å²) in [4.78, 5) is 18.1. The lowest BCUT2D eigenvalue weighted by Gasteiger charge is -1.95. The maximum atomic E-state index is 13.1. The van der Waals surface area contributed by atoms with Crippen LogP contribution in [0.2, 0.25) is 0 Å². The van der Waals surface area contributed by atoms with Gasteiger partial charge in [0.2, 0.25) is 0 Å². The fraction of sp³-hybridized carbons (Fsp3) is 0.0909. The molecule has 2 aromatic rings. The number of hydrogen-bond donors (Lipinski definition) is 1. The van der Waals surface area contributed by atoms with Crippen LogP contribution in [0.1, 0.15) is 10.5 Å². The topological polar surface area (TPSA) is 54.5 Å². The van der Waals surface area contributed by atoms with Crippen molar-refractivity contribution < 1.29 is 13.9 Å². The Balaban J connectivity index is 2.80. The van der Waals surface area contributed by atoms with Crippen LogP contribution in [0.25, 0.3) is 10.9 Å². The highest BCUT2D eigenvalue weighted by molar-refractivity contribution is 7.78. The molecule has 6 heteroatoms. The normalized spacial score (nSPS) is 10.0. The van der Waals surface area contributed by atoms with E-state index in [4.69, 9.17) is 0 Å². The molecule has 4 nitrogen and oxygen atoms in total. The number of nitrogens with zero attached hydrogens (tertiary/aromatic N) is 1. The van der Waals surface area contributed by atoms with E-state index in [0.717, 1.165) is 0 Å². The molecule has 0 amide bonds. The first-order valence-electron chi connectivity index (χ1n) is 4.64. The monoisotopic (exact) mass is 250 g/mol. The van der Waals surface area contributed by atoms with E-state index < -0.39 is 11.8 Å². The second kappa shape index (κ2) is 4.45. The summed E-state index contributed by atoms with van der Waals surface area (Å²) >= 11 is 4.50. The predicted molar refractivity (Wildman–Crippen MR) is 64.3 cm³/mol. The van der Waals surface area contributed by atoms with Crippen LogP contribution in [0.5, 0.6) is 0 Å². The molecule has 0 saturated heterocycles. The van der Waals surface area contributed by atoms with Crippen molar-refractivity contribution in [2.75, 3.05) is 7.11 Å². The molecule has 0 unspecified atom stereocenters. The molecular weight excluding hydrogens is 243 g/mol. The number of rotatable bonds is 2. The number of aromatic amines is 1. The molecule has 1 heterocycles. The van der Waals surface area contributed by atoms with Crippen molar-refractivity contribution in [3.63, 3.8) is 0 Å². The number of H-pyrrole nitrogens is 1. The van der Waals surface area contributed by atoms with E-state index in [1.807, 2.05) is 0 Å². The summed E-state index contributed by atoms with van der Waals surface area (Å²) in [6.45, 7) is 0. The van der Waals surface area contributed by atoms with Crippen LogP contribution in [0.4, 0.5) is 10.1 Å². The number of ether oxygens (including phenoxy) is 1. The molecule has 0 saturated carbocycles. The highest BCUT2D eigenvalue weighted by Gasteiger charge is 2.18. The van der Waals surface area contributed by atoms with Crippen molar-refractivity contribution in [1.82, 2.24) is 4.98 Å². The number of thiocarbonyl (C=S) groups is 1. The van der Waals surface area contributed by atoms with Gasteiger partial charge in [-0.05, 0) is 30.4 Å². The number of nitrogens with one attached hydrogen (secondary N) is 1. The molecule has 0 aliphatic heterocycles. The highest BCUT2D eigenvalue weighted by atomic mass is 32.1. The third kappa shape index (κ3) is 1.95. The van der Waals surface area contributed by atoms with E-state index in [1.54, 1.807) is 0 Å². The van der Waals surface area contributed by atoms with Gasteiger partial charge in [0.15, 0.2) is 5.69 Å². The number of carbonyl (C=O) groups excluding carboxylic acids is 1. The van der Waals surface area contributed by atoms with Gasteiger partial charge in [-0.25, -0.2) is 9.18 Å². The first-order chi connectivity index (χ1) is 8.17. The van der Waals surface area contributed by atoms with Crippen LogP contribution < -0.4 is 0 Å². The minimum Gasteiger partial charge on any atom is -0.464 e. The number of benzene rings is 1. The summed E-state index contributed by atoms with van der Waals surface area (Å²) in [6.07, 6.45) is 0. The van der Waals surface area contributed by atoms with Crippen LogP contribution in [0.3, 0.4) is 0 Å². The summed E-state index contributed by atoms with van der Waals surface area (Å²) in [5.41, 5.74) is 0.947. The number of isothiocyanates is 1. The summed E-state index contributed by atoms with van der Waals surface area (Å²) in [7, 11) is 1.25. The molecule has 0 atom stereocenters. The number of aromatic nitrogens is 1. The molecule has 2 rings (SSSR count). The van der Waals surface area contributed by atoms with Gasteiger partial charge in [-0.1, -0.05) is 0 Å². The Kier molecular flexibility index (Phi) is 2.99. The number of methoxy groups -OCH3 is 1. The van der Waals surface area contributed by atoms with Gasteiger partial charge in [0, 0.05) is 10.9 Å². The van der Waals surface area contributed by atoms with E-state index in [0.29, 0.717) is 10.9 Å². The lowest BCUT2D eigenvalue weighted by Crippen LogP contribution is -2.01. The Hall–Kier alpha value is -2.04. The van der Waals surface area contributed by atoms with Crippen molar-refractivity contribution in [2.45, 2.75) is 0 Å². The molecule has 0 aliphatic rings. The minimum atomic E-state index is -0.592. The lowest BCUT2D eigenvalue weighted by atomic mass is 10.2. The van der Waals surface area contributed by atoms with E-state index in [-0.39, 0.29) is 11.4 Å². The molecule has 1 aromatic carbocycles. The Morgan fingerprint density at radius 3 is 3.00 bits per heavy atom. The van der Waals surface area contributed by atoms with Crippen molar-refractivity contribution in [3.8, 4) is 0 Å². The zero-order valence-corrected chi connectivity index (χ0v) is 9.60. The Morgan fingerprint density at radius 1 is 1.59 bits per heavy atom. The molecule has 0 fully saturated rings. The van der Waals surface area contributed by atoms with Crippen molar-refractivity contribution in [3.05, 3.63) is 29.7 Å². The van der Waals surface area contributed by atoms with Crippen LogP contribution in [0.15, 0.2) is 23.2 Å². The zero-order chi connectivity index (χ0) is 12.4. The van der Waals surface area contributed by atoms with Gasteiger partial charge in [0.05, 0.1) is 12.3 Å². The van der Waals surface area contributed by atoms with Crippen molar-refractivity contribution in [2.24, 2.45) is 4.99 Å². The average Bonchev–Trinajstić information content (AvgIpc) is 2.67. The molecular formula is C11H7FN2O2S. The van der Waals surface area contributed by atoms with E-state index in [1.165, 1.54) is 25.3 Å². The molecule has 0 aliphatic carbocycles. The van der Waals surface area contributed by atoms with Crippen LogP contribution in [0, 0.1) is 5.82 Å². The number of halogens is 1. The second-order valence-corrected chi connectivity index (χ2v) is 3.42. The molecule has 0 spiro atoms. The molecule has 0 bridgehead atoms. The second-order valence-electron chi connectivity index (χ2n) is 3.23. The Bertz CT molecular complexity index is 644. The maximum absolute atomic E-state index is 13.1. The Morgan fingerprint density at radius 2 is 2.35 bits per heavy atom. The van der Waals surface area contributed by atoms with E-state index in [2.05, 4.69) is 32.1 Å². The molecule has 86 valence electrons. The largest absolute Gasteiger partial charge is 0.464 e. The highest BCUT2D eigenvalue weighted by Crippen LogP contribution is 2.31. The first-order valence-corrected chi connectivity index (χ1v) is 5.05. The van der Waals surface area contributed by atoms with Gasteiger partial charge in [-0.2, -0.15) is 4.99 Å². The number of fused-ring (bicyclic) bond motifs is 1. The van der Waals surface area contributed by atoms with Crippen LogP contribution >= 0.6 is 12.2 Å². The first kappa shape index (κ1) is 11.4. The standard InChI is InChI=1S/C11H7FN2O2S/c1-16-11(15)10-9(13-5-17)7-4-6(12)2-3-8(7)14-10/h2-4,14H,1H3. The fourth-order valence-corrected chi connectivity index (χ4v) is 1.65. The lowest BCUT2D eigenvalue weighted by molar-refractivity contribution is 0.0596. The molecule has 1 N–H and O–H groups in total. The van der Waals surface area contributed by atoms with Gasteiger partial charge in [0.25, 0.3) is 0 Å². The number of hydrogen-bond acceptors (Lipinski definition) is 4. The molecule has 17 heavy (non-hydrogen) atoms. The quantitative estimate of drug-likeness (QED) is 0.506. The average molecular weight is 250 g/mol. The smallest absolute Gasteiger partial charge is 0.356 e. The summed E-state index contributed by atoms with van der Waals surface area (Å²) in [5.74, 6) is -1.01. The third-order valence-electron chi connectivity index (χ3n) is 2.28. The summed E-state index contributed by atoms with van der Waals surface area (Å²) in [6, 6.07) is 4.06. The minimum absolute atomic E-state index is 0.130. The molecule has 1 aromatic heterocycles. The van der Waals surface area contributed by atoms with Crippen molar-refractivity contribution >= 4 is 39.9 Å². The van der Waals surface area contributed by atoms with Gasteiger partial charge in [0.1, 0.15) is 11.5 Å². The van der Waals surface area contributed by atoms with Gasteiger partial charge in [-0.15, -0.1) is 0 Å². The predicted octanol–water partition coefficient (Wildman–Crippen LogP) is 2.83. The molecule has 0 radical (unpaired) electrons. The number of carbonyl (C=O) groups is 1.